The summed E-state index contributed by atoms with van der Waals surface area (Å²) in [6, 6.07) is 5.03. The zero-order chi connectivity index (χ0) is 12.3. The summed E-state index contributed by atoms with van der Waals surface area (Å²) in [6.07, 6.45) is 2.91. The van der Waals surface area contributed by atoms with Gasteiger partial charge in [0, 0.05) is 12.0 Å². The molecule has 0 fully saturated rings. The molecule has 1 aromatic carbocycles. The van der Waals surface area contributed by atoms with E-state index in [1.165, 1.54) is 0 Å². The third-order valence-corrected chi connectivity index (χ3v) is 2.55. The quantitative estimate of drug-likeness (QED) is 0.338. The van der Waals surface area contributed by atoms with E-state index in [9.17, 15) is 9.59 Å². The van der Waals surface area contributed by atoms with Gasteiger partial charge in [-0.25, -0.2) is 9.59 Å². The van der Waals surface area contributed by atoms with Gasteiger partial charge in [0.15, 0.2) is 0 Å². The fraction of sp³-hybridized carbons (Fsp3) is 0.286. The van der Waals surface area contributed by atoms with Gasteiger partial charge in [-0.15, -0.1) is 0 Å². The molecule has 0 saturated carbocycles. The van der Waals surface area contributed by atoms with Crippen molar-refractivity contribution in [1.82, 2.24) is 0 Å². The van der Waals surface area contributed by atoms with Gasteiger partial charge in [-0.1, -0.05) is 31.3 Å². The fourth-order valence-corrected chi connectivity index (χ4v) is 1.66. The van der Waals surface area contributed by atoms with Crippen LogP contribution in [0.4, 0.5) is 0 Å². The van der Waals surface area contributed by atoms with Gasteiger partial charge in [0.05, 0.1) is 11.1 Å². The first-order valence-electron chi connectivity index (χ1n) is 5.62. The minimum atomic E-state index is -0.592. The van der Waals surface area contributed by atoms with Gasteiger partial charge in [-0.05, 0) is 18.6 Å². The third-order valence-electron chi connectivity index (χ3n) is 2.55. The van der Waals surface area contributed by atoms with E-state index in [0.29, 0.717) is 16.7 Å². The van der Waals surface area contributed by atoms with E-state index < -0.39 is 11.9 Å². The van der Waals surface area contributed by atoms with Crippen molar-refractivity contribution in [2.75, 3.05) is 0 Å². The molecule has 0 spiro atoms. The molecule has 3 nitrogen and oxygen atoms in total. The van der Waals surface area contributed by atoms with E-state index in [0.717, 1.165) is 19.3 Å². The maximum atomic E-state index is 11.5. The summed E-state index contributed by atoms with van der Waals surface area (Å²) in [7, 11) is 0. The van der Waals surface area contributed by atoms with Gasteiger partial charge in [-0.2, -0.15) is 0 Å². The standard InChI is InChI=1S/C14H12O3/c1-2-3-4-5-7-10-8-6-9-11-12(10)14(16)17-13(11)15/h6,8-9H,2-4H2,1H3. The fourth-order valence-electron chi connectivity index (χ4n) is 1.66. The molecule has 0 saturated heterocycles. The van der Waals surface area contributed by atoms with Gasteiger partial charge >= 0.3 is 11.9 Å². The molecule has 0 radical (unpaired) electrons. The Morgan fingerprint density at radius 3 is 2.82 bits per heavy atom. The Balaban J connectivity index is 2.33. The number of fused-ring (bicyclic) bond motifs is 1. The molecular formula is C14H12O3. The predicted molar refractivity (Wildman–Crippen MR) is 62.6 cm³/mol. The number of carbonyl (C=O) groups is 2. The maximum Gasteiger partial charge on any atom is 0.348 e. The number of esters is 2. The highest BCUT2D eigenvalue weighted by Crippen LogP contribution is 2.22. The van der Waals surface area contributed by atoms with Crippen molar-refractivity contribution >= 4 is 11.9 Å². The lowest BCUT2D eigenvalue weighted by atomic mass is 10.0. The van der Waals surface area contributed by atoms with Crippen LogP contribution in [0.1, 0.15) is 52.5 Å². The normalized spacial score (nSPS) is 12.8. The molecule has 0 amide bonds. The van der Waals surface area contributed by atoms with Gasteiger partial charge in [-0.3, -0.25) is 0 Å². The SMILES string of the molecule is CCCCC#Cc1cccc2c1C(=O)OC2=O. The second kappa shape index (κ2) is 4.84. The first-order valence-corrected chi connectivity index (χ1v) is 5.62. The van der Waals surface area contributed by atoms with Crippen molar-refractivity contribution in [1.29, 1.82) is 0 Å². The first kappa shape index (κ1) is 11.4. The van der Waals surface area contributed by atoms with Gasteiger partial charge in [0.2, 0.25) is 0 Å². The summed E-state index contributed by atoms with van der Waals surface area (Å²) in [4.78, 5) is 22.8. The summed E-state index contributed by atoms with van der Waals surface area (Å²) < 4.78 is 4.55. The molecule has 0 atom stereocenters. The lowest BCUT2D eigenvalue weighted by Crippen LogP contribution is -1.98. The highest BCUT2D eigenvalue weighted by Gasteiger charge is 2.31. The number of hydrogen-bond donors (Lipinski definition) is 0. The smallest absolute Gasteiger partial charge is 0.348 e. The van der Waals surface area contributed by atoms with Crippen molar-refractivity contribution in [3.05, 3.63) is 34.9 Å². The number of hydrogen-bond acceptors (Lipinski definition) is 3. The van der Waals surface area contributed by atoms with Crippen LogP contribution in [0.25, 0.3) is 0 Å². The van der Waals surface area contributed by atoms with Crippen molar-refractivity contribution in [2.45, 2.75) is 26.2 Å². The first-order chi connectivity index (χ1) is 8.24. The number of rotatable bonds is 2. The molecule has 0 bridgehead atoms. The third kappa shape index (κ3) is 2.21. The molecule has 0 N–H and O–H groups in total. The summed E-state index contributed by atoms with van der Waals surface area (Å²) in [5, 5.41) is 0. The molecule has 1 heterocycles. The van der Waals surface area contributed by atoms with E-state index in [1.54, 1.807) is 18.2 Å². The van der Waals surface area contributed by atoms with Crippen LogP contribution in [-0.2, 0) is 4.74 Å². The summed E-state index contributed by atoms with van der Waals surface area (Å²) in [5.41, 5.74) is 1.20. The van der Waals surface area contributed by atoms with Crippen molar-refractivity contribution in [3.63, 3.8) is 0 Å². The maximum absolute atomic E-state index is 11.5. The number of ether oxygens (including phenoxy) is 1. The Labute approximate surface area is 99.8 Å². The van der Waals surface area contributed by atoms with E-state index in [-0.39, 0.29) is 0 Å². The molecule has 1 aliphatic rings. The van der Waals surface area contributed by atoms with Crippen LogP contribution in [0.5, 0.6) is 0 Å². The predicted octanol–water partition coefficient (Wildman–Crippen LogP) is 2.54. The monoisotopic (exact) mass is 228 g/mol. The molecule has 17 heavy (non-hydrogen) atoms. The Kier molecular flexibility index (Phi) is 3.24. The Hall–Kier alpha value is -2.08. The largest absolute Gasteiger partial charge is 0.386 e. The Morgan fingerprint density at radius 1 is 1.24 bits per heavy atom. The van der Waals surface area contributed by atoms with Crippen LogP contribution in [0.3, 0.4) is 0 Å². The Bertz CT molecular complexity index is 532. The second-order valence-electron chi connectivity index (χ2n) is 3.81. The van der Waals surface area contributed by atoms with E-state index in [2.05, 4.69) is 23.5 Å². The van der Waals surface area contributed by atoms with Crippen LogP contribution in [0, 0.1) is 11.8 Å². The van der Waals surface area contributed by atoms with Crippen LogP contribution >= 0.6 is 0 Å². The van der Waals surface area contributed by atoms with Crippen LogP contribution < -0.4 is 0 Å². The zero-order valence-electron chi connectivity index (χ0n) is 9.58. The summed E-state index contributed by atoms with van der Waals surface area (Å²) in [6.45, 7) is 2.10. The minimum Gasteiger partial charge on any atom is -0.386 e. The average Bonchev–Trinajstić information content (AvgIpc) is 2.62. The highest BCUT2D eigenvalue weighted by atomic mass is 16.6. The van der Waals surface area contributed by atoms with Crippen LogP contribution in [0.15, 0.2) is 18.2 Å². The molecule has 0 aromatic heterocycles. The molecule has 1 aromatic rings. The van der Waals surface area contributed by atoms with E-state index in [1.807, 2.05) is 0 Å². The van der Waals surface area contributed by atoms with Gasteiger partial charge < -0.3 is 4.74 Å². The average molecular weight is 228 g/mol. The number of benzene rings is 1. The lowest BCUT2D eigenvalue weighted by Gasteiger charge is -1.95. The van der Waals surface area contributed by atoms with Crippen molar-refractivity contribution in [2.24, 2.45) is 0 Å². The molecule has 3 heteroatoms. The van der Waals surface area contributed by atoms with Crippen molar-refractivity contribution in [3.8, 4) is 11.8 Å². The van der Waals surface area contributed by atoms with Gasteiger partial charge in [0.1, 0.15) is 0 Å². The molecule has 2 rings (SSSR count). The second-order valence-corrected chi connectivity index (χ2v) is 3.81. The number of carbonyl (C=O) groups excluding carboxylic acids is 2. The molecule has 86 valence electrons. The van der Waals surface area contributed by atoms with Crippen LogP contribution in [-0.4, -0.2) is 11.9 Å². The van der Waals surface area contributed by atoms with Crippen molar-refractivity contribution < 1.29 is 14.3 Å². The zero-order valence-corrected chi connectivity index (χ0v) is 9.58. The number of cyclic esters (lactones) is 2. The van der Waals surface area contributed by atoms with E-state index >= 15 is 0 Å². The summed E-state index contributed by atoms with van der Waals surface area (Å²) in [5.74, 6) is 4.75. The minimum absolute atomic E-state index is 0.307. The molecule has 1 aliphatic heterocycles. The molecule has 0 unspecified atom stereocenters. The molecule has 0 aliphatic carbocycles. The summed E-state index contributed by atoms with van der Waals surface area (Å²) >= 11 is 0. The lowest BCUT2D eigenvalue weighted by molar-refractivity contribution is 0.0444. The van der Waals surface area contributed by atoms with E-state index in [4.69, 9.17) is 0 Å². The highest BCUT2D eigenvalue weighted by molar-refractivity contribution is 6.15. The number of unbranched alkanes of at least 4 members (excludes halogenated alkanes) is 2. The Morgan fingerprint density at radius 2 is 2.06 bits per heavy atom. The van der Waals surface area contributed by atoms with Gasteiger partial charge in [0.25, 0.3) is 0 Å². The van der Waals surface area contributed by atoms with Crippen LogP contribution in [0.2, 0.25) is 0 Å². The topological polar surface area (TPSA) is 43.4 Å². The molecular weight excluding hydrogens is 216 g/mol.